The second-order valence-corrected chi connectivity index (χ2v) is 10.2. The highest BCUT2D eigenvalue weighted by molar-refractivity contribution is 7.78. The van der Waals surface area contributed by atoms with Crippen molar-refractivity contribution in [1.82, 2.24) is 4.31 Å². The molecule has 0 aliphatic carbocycles. The van der Waals surface area contributed by atoms with E-state index in [9.17, 15) is 9.00 Å². The largest absolute Gasteiger partial charge is 0.494 e. The minimum Gasteiger partial charge on any atom is -0.494 e. The van der Waals surface area contributed by atoms with E-state index in [0.29, 0.717) is 6.42 Å². The van der Waals surface area contributed by atoms with Gasteiger partial charge in [-0.05, 0) is 64.7 Å². The SMILES string of the molecule is CCCCCCCOc1ccc(CC[C@]2(C)COS(=O)N2C(=O)OC(C)(C)C)cc1. The smallest absolute Gasteiger partial charge is 0.424 e. The van der Waals surface area contributed by atoms with Crippen LogP contribution in [0, 0.1) is 0 Å². The van der Waals surface area contributed by atoms with Gasteiger partial charge in [-0.3, -0.25) is 4.18 Å². The lowest BCUT2D eigenvalue weighted by Gasteiger charge is -2.32. The second kappa shape index (κ2) is 11.1. The Balaban J connectivity index is 1.86. The Morgan fingerprint density at radius 2 is 1.83 bits per heavy atom. The number of carbonyl (C=O) groups excluding carboxylic acids is 1. The molecule has 7 heteroatoms. The molecule has 0 saturated carbocycles. The number of hydrogen-bond acceptors (Lipinski definition) is 5. The van der Waals surface area contributed by atoms with Crippen LogP contribution in [-0.4, -0.2) is 39.0 Å². The van der Waals surface area contributed by atoms with Gasteiger partial charge in [-0.2, -0.15) is 4.31 Å². The highest BCUT2D eigenvalue weighted by Crippen LogP contribution is 2.32. The molecule has 2 atom stereocenters. The summed E-state index contributed by atoms with van der Waals surface area (Å²) in [5.74, 6) is 0.876. The van der Waals surface area contributed by atoms with E-state index in [1.54, 1.807) is 20.8 Å². The Kier molecular flexibility index (Phi) is 9.16. The Morgan fingerprint density at radius 1 is 1.17 bits per heavy atom. The van der Waals surface area contributed by atoms with Gasteiger partial charge in [0, 0.05) is 0 Å². The predicted molar refractivity (Wildman–Crippen MR) is 120 cm³/mol. The lowest BCUT2D eigenvalue weighted by atomic mass is 9.94. The Labute approximate surface area is 184 Å². The van der Waals surface area contributed by atoms with Gasteiger partial charge in [-0.1, -0.05) is 44.7 Å². The van der Waals surface area contributed by atoms with E-state index in [-0.39, 0.29) is 6.61 Å². The number of benzene rings is 1. The summed E-state index contributed by atoms with van der Waals surface area (Å²) in [4.78, 5) is 12.5. The van der Waals surface area contributed by atoms with Gasteiger partial charge in [0.2, 0.25) is 0 Å². The molecule has 1 saturated heterocycles. The summed E-state index contributed by atoms with van der Waals surface area (Å²) in [5.41, 5.74) is -0.203. The zero-order chi connectivity index (χ0) is 22.2. The average Bonchev–Trinajstić information content (AvgIpc) is 2.97. The molecule has 0 N–H and O–H groups in total. The minimum absolute atomic E-state index is 0.220. The first-order valence-electron chi connectivity index (χ1n) is 10.9. The van der Waals surface area contributed by atoms with Crippen LogP contribution in [0.1, 0.15) is 78.7 Å². The first-order chi connectivity index (χ1) is 14.1. The van der Waals surface area contributed by atoms with Gasteiger partial charge in [0.25, 0.3) is 11.3 Å². The molecule has 1 aliphatic rings. The number of unbranched alkanes of at least 4 members (excludes halogenated alkanes) is 4. The number of rotatable bonds is 10. The topological polar surface area (TPSA) is 65.1 Å². The monoisotopic (exact) mass is 439 g/mol. The number of hydrogen-bond donors (Lipinski definition) is 0. The molecule has 1 unspecified atom stereocenters. The van der Waals surface area contributed by atoms with Gasteiger partial charge in [-0.15, -0.1) is 0 Å². The molecule has 170 valence electrons. The molecule has 2 rings (SSSR count). The summed E-state index contributed by atoms with van der Waals surface area (Å²) in [6, 6.07) is 8.05. The van der Waals surface area contributed by atoms with E-state index in [4.69, 9.17) is 13.7 Å². The van der Waals surface area contributed by atoms with Crippen molar-refractivity contribution < 1.29 is 22.7 Å². The summed E-state index contributed by atoms with van der Waals surface area (Å²) in [6.07, 6.45) is 6.84. The fourth-order valence-electron chi connectivity index (χ4n) is 3.29. The molecule has 1 fully saturated rings. The van der Waals surface area contributed by atoms with Gasteiger partial charge in [0.15, 0.2) is 0 Å². The number of amides is 1. The number of carbonyl (C=O) groups is 1. The summed E-state index contributed by atoms with van der Waals surface area (Å²) in [7, 11) is 0. The molecule has 1 heterocycles. The summed E-state index contributed by atoms with van der Waals surface area (Å²) >= 11 is -1.82. The van der Waals surface area contributed by atoms with Crippen molar-refractivity contribution in [2.75, 3.05) is 13.2 Å². The molecular weight excluding hydrogens is 402 g/mol. The van der Waals surface area contributed by atoms with Gasteiger partial charge in [0.05, 0.1) is 18.8 Å². The van der Waals surface area contributed by atoms with E-state index in [0.717, 1.165) is 30.8 Å². The van der Waals surface area contributed by atoms with Crippen molar-refractivity contribution in [3.8, 4) is 5.75 Å². The van der Waals surface area contributed by atoms with Gasteiger partial charge >= 0.3 is 6.09 Å². The lowest BCUT2D eigenvalue weighted by Crippen LogP contribution is -2.49. The quantitative estimate of drug-likeness (QED) is 0.446. The van der Waals surface area contributed by atoms with E-state index in [1.165, 1.54) is 30.0 Å². The van der Waals surface area contributed by atoms with Crippen molar-refractivity contribution in [3.05, 3.63) is 29.8 Å². The first-order valence-corrected chi connectivity index (χ1v) is 12.0. The lowest BCUT2D eigenvalue weighted by molar-refractivity contribution is 0.0267. The molecule has 30 heavy (non-hydrogen) atoms. The van der Waals surface area contributed by atoms with Crippen LogP contribution in [-0.2, 0) is 26.6 Å². The number of aryl methyl sites for hydroxylation is 1. The minimum atomic E-state index is -1.82. The molecule has 1 aromatic rings. The second-order valence-electron chi connectivity index (χ2n) is 9.16. The van der Waals surface area contributed by atoms with E-state index >= 15 is 0 Å². The maximum atomic E-state index is 12.5. The van der Waals surface area contributed by atoms with Crippen LogP contribution in [0.3, 0.4) is 0 Å². The first kappa shape index (κ1) is 24.7. The average molecular weight is 440 g/mol. The van der Waals surface area contributed by atoms with Crippen LogP contribution in [0.4, 0.5) is 4.79 Å². The van der Waals surface area contributed by atoms with E-state index in [1.807, 2.05) is 31.2 Å². The molecule has 0 bridgehead atoms. The molecule has 1 aliphatic heterocycles. The summed E-state index contributed by atoms with van der Waals surface area (Å²) < 4.78 is 30.0. The zero-order valence-electron chi connectivity index (χ0n) is 19.1. The van der Waals surface area contributed by atoms with Crippen molar-refractivity contribution in [3.63, 3.8) is 0 Å². The fourth-order valence-corrected chi connectivity index (χ4v) is 4.41. The molecule has 6 nitrogen and oxygen atoms in total. The van der Waals surface area contributed by atoms with Gasteiger partial charge in [0.1, 0.15) is 11.4 Å². The number of nitrogens with zero attached hydrogens (tertiary/aromatic N) is 1. The van der Waals surface area contributed by atoms with Crippen LogP contribution in [0.25, 0.3) is 0 Å². The van der Waals surface area contributed by atoms with Crippen LogP contribution in [0.2, 0.25) is 0 Å². The summed E-state index contributed by atoms with van der Waals surface area (Å²) in [6.45, 7) is 10.4. The maximum absolute atomic E-state index is 12.5. The Bertz CT molecular complexity index is 701. The molecule has 0 aromatic heterocycles. The standard InChI is InChI=1S/C23H37NO5S/c1-6-7-8-9-10-17-27-20-13-11-19(12-14-20)15-16-23(5)18-28-30(26)24(23)21(25)29-22(2,3)4/h11-14H,6-10,15-18H2,1-5H3/t23-,30?/m1/s1. The molecular formula is C23H37NO5S. The molecule has 0 radical (unpaired) electrons. The highest BCUT2D eigenvalue weighted by Gasteiger charge is 2.48. The third-order valence-electron chi connectivity index (χ3n) is 5.06. The van der Waals surface area contributed by atoms with Crippen LogP contribution in [0.5, 0.6) is 5.75 Å². The highest BCUT2D eigenvalue weighted by atomic mass is 32.2. The van der Waals surface area contributed by atoms with Crippen molar-refractivity contribution in [2.24, 2.45) is 0 Å². The van der Waals surface area contributed by atoms with Crippen molar-refractivity contribution >= 4 is 17.4 Å². The van der Waals surface area contributed by atoms with Crippen LogP contribution in [0.15, 0.2) is 24.3 Å². The van der Waals surface area contributed by atoms with Gasteiger partial charge < -0.3 is 9.47 Å². The van der Waals surface area contributed by atoms with Crippen molar-refractivity contribution in [1.29, 1.82) is 0 Å². The third-order valence-corrected chi connectivity index (χ3v) is 6.27. The van der Waals surface area contributed by atoms with E-state index < -0.39 is 28.5 Å². The van der Waals surface area contributed by atoms with Crippen LogP contribution >= 0.6 is 0 Å². The predicted octanol–water partition coefficient (Wildman–Crippen LogP) is 5.57. The van der Waals surface area contributed by atoms with Gasteiger partial charge in [-0.25, -0.2) is 9.00 Å². The van der Waals surface area contributed by atoms with Crippen LogP contribution < -0.4 is 4.74 Å². The maximum Gasteiger partial charge on any atom is 0.424 e. The molecule has 0 spiro atoms. The van der Waals surface area contributed by atoms with Crippen molar-refractivity contribution in [2.45, 2.75) is 90.7 Å². The Morgan fingerprint density at radius 3 is 2.47 bits per heavy atom. The molecule has 1 amide bonds. The Hall–Kier alpha value is -1.60. The zero-order valence-corrected chi connectivity index (χ0v) is 19.9. The molecule has 1 aromatic carbocycles. The third kappa shape index (κ3) is 7.58. The van der Waals surface area contributed by atoms with E-state index in [2.05, 4.69) is 6.92 Å². The summed E-state index contributed by atoms with van der Waals surface area (Å²) in [5, 5.41) is 0. The number of ether oxygens (including phenoxy) is 2. The normalized spacial score (nSPS) is 21.6. The fraction of sp³-hybridized carbons (Fsp3) is 0.696.